The van der Waals surface area contributed by atoms with E-state index in [1.807, 2.05) is 17.0 Å². The highest BCUT2D eigenvalue weighted by molar-refractivity contribution is 5.82. The molecular weight excluding hydrogens is 395 g/mol. The van der Waals surface area contributed by atoms with E-state index in [4.69, 9.17) is 5.26 Å². The highest BCUT2D eigenvalue weighted by Gasteiger charge is 2.22. The number of rotatable bonds is 5. The molecule has 7 heteroatoms. The minimum atomic E-state index is -0.543. The number of amides is 1. The fraction of sp³-hybridized carbons (Fsp3) is 0.292. The monoisotopic (exact) mass is 418 g/mol. The van der Waals surface area contributed by atoms with Crippen LogP contribution < -0.4 is 10.9 Å². The number of hydrogen-bond donors (Lipinski definition) is 2. The molecule has 1 aromatic heterocycles. The zero-order chi connectivity index (χ0) is 21.8. The largest absolute Gasteiger partial charge is 0.382 e. The molecule has 1 amide bonds. The summed E-state index contributed by atoms with van der Waals surface area (Å²) in [4.78, 5) is 29.4. The maximum absolute atomic E-state index is 13.8. The maximum Gasteiger partial charge on any atom is 0.258 e. The molecule has 0 spiro atoms. The first kappa shape index (κ1) is 20.6. The van der Waals surface area contributed by atoms with Gasteiger partial charge in [-0.3, -0.25) is 9.59 Å². The Bertz CT molecular complexity index is 1190. The van der Waals surface area contributed by atoms with Gasteiger partial charge in [0.1, 0.15) is 5.82 Å². The van der Waals surface area contributed by atoms with Gasteiger partial charge >= 0.3 is 0 Å². The van der Waals surface area contributed by atoms with Crippen LogP contribution in [-0.4, -0.2) is 34.9 Å². The first-order valence-electron chi connectivity index (χ1n) is 10.4. The van der Waals surface area contributed by atoms with Crippen LogP contribution in [0, 0.1) is 17.1 Å². The second-order valence-corrected chi connectivity index (χ2v) is 7.82. The number of nitriles is 1. The Hall–Kier alpha value is -3.66. The van der Waals surface area contributed by atoms with Gasteiger partial charge in [0.2, 0.25) is 5.91 Å². The first-order valence-corrected chi connectivity index (χ1v) is 10.4. The maximum atomic E-state index is 13.8. The standard InChI is InChI=1S/C24H23FN4O2/c25-21-3-1-2-17-14-20(28-24(31)23(17)21)8-9-22(30)29-12-10-19(11-13-29)27-18-6-4-16(15-26)5-7-18/h1-7,14,19,27H,8-13H2,(H,28,31). The molecule has 2 heterocycles. The third-order valence-electron chi connectivity index (χ3n) is 5.72. The number of aromatic amines is 1. The fourth-order valence-corrected chi connectivity index (χ4v) is 4.02. The van der Waals surface area contributed by atoms with E-state index >= 15 is 0 Å². The summed E-state index contributed by atoms with van der Waals surface area (Å²) in [5.41, 5.74) is 1.77. The summed E-state index contributed by atoms with van der Waals surface area (Å²) < 4.78 is 13.8. The van der Waals surface area contributed by atoms with Crippen molar-refractivity contribution in [2.75, 3.05) is 18.4 Å². The van der Waals surface area contributed by atoms with Gasteiger partial charge in [0.05, 0.1) is 17.0 Å². The van der Waals surface area contributed by atoms with E-state index in [9.17, 15) is 14.0 Å². The highest BCUT2D eigenvalue weighted by Crippen LogP contribution is 2.19. The van der Waals surface area contributed by atoms with E-state index in [2.05, 4.69) is 16.4 Å². The lowest BCUT2D eigenvalue weighted by molar-refractivity contribution is -0.132. The second-order valence-electron chi connectivity index (χ2n) is 7.82. The fourth-order valence-electron chi connectivity index (χ4n) is 4.02. The summed E-state index contributed by atoms with van der Waals surface area (Å²) in [6, 6.07) is 16.0. The number of aromatic nitrogens is 1. The molecule has 31 heavy (non-hydrogen) atoms. The molecular formula is C24H23FN4O2. The molecule has 2 aromatic carbocycles. The smallest absolute Gasteiger partial charge is 0.258 e. The van der Waals surface area contributed by atoms with Crippen molar-refractivity contribution in [2.45, 2.75) is 31.7 Å². The van der Waals surface area contributed by atoms with E-state index in [-0.39, 0.29) is 17.3 Å². The summed E-state index contributed by atoms with van der Waals surface area (Å²) in [5, 5.41) is 12.9. The van der Waals surface area contributed by atoms with E-state index < -0.39 is 11.4 Å². The molecule has 1 fully saturated rings. The number of nitrogens with zero attached hydrogens (tertiary/aromatic N) is 2. The number of nitrogens with one attached hydrogen (secondary N) is 2. The van der Waals surface area contributed by atoms with Crippen molar-refractivity contribution in [1.82, 2.24) is 9.88 Å². The minimum absolute atomic E-state index is 0.0504. The van der Waals surface area contributed by atoms with E-state index in [0.29, 0.717) is 42.6 Å². The normalized spacial score (nSPS) is 14.4. The van der Waals surface area contributed by atoms with Crippen LogP contribution in [0.1, 0.15) is 30.5 Å². The van der Waals surface area contributed by atoms with Crippen LogP contribution >= 0.6 is 0 Å². The lowest BCUT2D eigenvalue weighted by atomic mass is 10.0. The Balaban J connectivity index is 1.30. The predicted octanol–water partition coefficient (Wildman–Crippen LogP) is 3.57. The Kier molecular flexibility index (Phi) is 5.99. The molecule has 6 nitrogen and oxygen atoms in total. The number of hydrogen-bond acceptors (Lipinski definition) is 4. The summed E-state index contributed by atoms with van der Waals surface area (Å²) in [5.74, 6) is -0.490. The van der Waals surface area contributed by atoms with Crippen molar-refractivity contribution in [3.63, 3.8) is 0 Å². The number of carbonyl (C=O) groups is 1. The van der Waals surface area contributed by atoms with Crippen LogP contribution in [-0.2, 0) is 11.2 Å². The van der Waals surface area contributed by atoms with Crippen LogP contribution in [0.15, 0.2) is 53.3 Å². The van der Waals surface area contributed by atoms with Gasteiger partial charge in [0, 0.05) is 36.9 Å². The van der Waals surface area contributed by atoms with Crippen molar-refractivity contribution in [3.8, 4) is 6.07 Å². The Labute approximate surface area is 179 Å². The molecule has 1 aliphatic rings. The summed E-state index contributed by atoms with van der Waals surface area (Å²) in [6.45, 7) is 1.35. The van der Waals surface area contributed by atoms with E-state index in [1.165, 1.54) is 6.07 Å². The van der Waals surface area contributed by atoms with Gasteiger partial charge in [0.25, 0.3) is 5.56 Å². The zero-order valence-electron chi connectivity index (χ0n) is 17.0. The molecule has 158 valence electrons. The lowest BCUT2D eigenvalue weighted by Crippen LogP contribution is -2.42. The topological polar surface area (TPSA) is 89.0 Å². The molecule has 1 aliphatic heterocycles. The van der Waals surface area contributed by atoms with E-state index in [0.717, 1.165) is 18.5 Å². The number of halogens is 1. The number of likely N-dealkylation sites (tertiary alicyclic amines) is 1. The number of benzene rings is 2. The van der Waals surface area contributed by atoms with Crippen molar-refractivity contribution in [1.29, 1.82) is 5.26 Å². The van der Waals surface area contributed by atoms with Crippen molar-refractivity contribution >= 4 is 22.4 Å². The number of carbonyl (C=O) groups excluding carboxylic acids is 1. The Morgan fingerprint density at radius 1 is 1.19 bits per heavy atom. The predicted molar refractivity (Wildman–Crippen MR) is 117 cm³/mol. The molecule has 3 aromatic rings. The number of aryl methyl sites for hydroxylation is 1. The summed E-state index contributed by atoms with van der Waals surface area (Å²) in [7, 11) is 0. The molecule has 0 saturated carbocycles. The van der Waals surface area contributed by atoms with Crippen LogP contribution in [0.4, 0.5) is 10.1 Å². The van der Waals surface area contributed by atoms with Crippen LogP contribution in [0.3, 0.4) is 0 Å². The van der Waals surface area contributed by atoms with Gasteiger partial charge in [-0.2, -0.15) is 5.26 Å². The number of piperidine rings is 1. The van der Waals surface area contributed by atoms with Crippen molar-refractivity contribution in [3.05, 3.63) is 76.0 Å². The molecule has 1 saturated heterocycles. The number of H-pyrrole nitrogens is 1. The molecule has 0 aliphatic carbocycles. The number of pyridine rings is 1. The summed E-state index contributed by atoms with van der Waals surface area (Å²) >= 11 is 0. The van der Waals surface area contributed by atoms with Gasteiger partial charge in [0.15, 0.2) is 0 Å². The average Bonchev–Trinajstić information content (AvgIpc) is 2.78. The molecule has 2 N–H and O–H groups in total. The Morgan fingerprint density at radius 2 is 1.94 bits per heavy atom. The van der Waals surface area contributed by atoms with Gasteiger partial charge in [-0.05, 0) is 61.0 Å². The van der Waals surface area contributed by atoms with Crippen LogP contribution in [0.5, 0.6) is 0 Å². The van der Waals surface area contributed by atoms with E-state index in [1.54, 1.807) is 30.3 Å². The molecule has 0 bridgehead atoms. The number of fused-ring (bicyclic) bond motifs is 1. The quantitative estimate of drug-likeness (QED) is 0.663. The molecule has 0 radical (unpaired) electrons. The van der Waals surface area contributed by atoms with Crippen molar-refractivity contribution in [2.24, 2.45) is 0 Å². The third-order valence-corrected chi connectivity index (χ3v) is 5.72. The SMILES string of the molecule is N#Cc1ccc(NC2CCN(C(=O)CCc3cc4cccc(F)c4c(=O)[nH]3)CC2)cc1. The molecule has 4 rings (SSSR count). The highest BCUT2D eigenvalue weighted by atomic mass is 19.1. The zero-order valence-corrected chi connectivity index (χ0v) is 17.0. The Morgan fingerprint density at radius 3 is 2.65 bits per heavy atom. The molecule has 0 unspecified atom stereocenters. The lowest BCUT2D eigenvalue weighted by Gasteiger charge is -2.33. The molecule has 0 atom stereocenters. The van der Waals surface area contributed by atoms with Gasteiger partial charge < -0.3 is 15.2 Å². The average molecular weight is 418 g/mol. The summed E-state index contributed by atoms with van der Waals surface area (Å²) in [6.07, 6.45) is 2.39. The van der Waals surface area contributed by atoms with Gasteiger partial charge in [-0.15, -0.1) is 0 Å². The van der Waals surface area contributed by atoms with Gasteiger partial charge in [-0.1, -0.05) is 12.1 Å². The van der Waals surface area contributed by atoms with Crippen LogP contribution in [0.25, 0.3) is 10.8 Å². The number of anilines is 1. The second kappa shape index (κ2) is 9.00. The third kappa shape index (κ3) is 4.75. The van der Waals surface area contributed by atoms with Crippen molar-refractivity contribution < 1.29 is 9.18 Å². The van der Waals surface area contributed by atoms with Gasteiger partial charge in [-0.25, -0.2) is 4.39 Å². The first-order chi connectivity index (χ1) is 15.0. The minimum Gasteiger partial charge on any atom is -0.382 e. The van der Waals surface area contributed by atoms with Crippen LogP contribution in [0.2, 0.25) is 0 Å².